The molecule has 2 aromatic carbocycles. The molecule has 0 unspecified atom stereocenters. The first-order valence-corrected chi connectivity index (χ1v) is 9.84. The number of carbonyl (C=O) groups is 2. The fourth-order valence-electron chi connectivity index (χ4n) is 3.89. The second-order valence-corrected chi connectivity index (χ2v) is 7.51. The maximum absolute atomic E-state index is 12.5. The molecule has 4 rings (SSSR count). The third-order valence-electron chi connectivity index (χ3n) is 5.29. The minimum atomic E-state index is -1.07. The first kappa shape index (κ1) is 20.0. The largest absolute Gasteiger partial charge is 0.481 e. The highest BCUT2D eigenvalue weighted by molar-refractivity contribution is 6.29. The molecule has 0 saturated carbocycles. The Hall–Kier alpha value is -3.32. The van der Waals surface area contributed by atoms with E-state index in [9.17, 15) is 14.7 Å². The van der Waals surface area contributed by atoms with Gasteiger partial charge in [0.25, 0.3) is 0 Å². The smallest absolute Gasteiger partial charge is 0.407 e. The van der Waals surface area contributed by atoms with Crippen molar-refractivity contribution in [2.45, 2.75) is 18.4 Å². The number of hydrogen-bond acceptors (Lipinski definition) is 4. The van der Waals surface area contributed by atoms with Gasteiger partial charge in [0.15, 0.2) is 0 Å². The number of carboxylic acid groups (broad SMARTS) is 1. The summed E-state index contributed by atoms with van der Waals surface area (Å²) in [6, 6.07) is 15.2. The first-order chi connectivity index (χ1) is 14.5. The van der Waals surface area contributed by atoms with Gasteiger partial charge in [-0.15, -0.1) is 0 Å². The first-order valence-electron chi connectivity index (χ1n) is 9.46. The number of ether oxygens (including phenoxy) is 1. The molecule has 0 radical (unpaired) electrons. The second kappa shape index (κ2) is 8.20. The molecule has 30 heavy (non-hydrogen) atoms. The van der Waals surface area contributed by atoms with Crippen LogP contribution in [0.5, 0.6) is 0 Å². The molecule has 1 aliphatic carbocycles. The average molecular weight is 426 g/mol. The van der Waals surface area contributed by atoms with Gasteiger partial charge in [-0.2, -0.15) is 0 Å². The van der Waals surface area contributed by atoms with Gasteiger partial charge in [0.1, 0.15) is 23.6 Å². The highest BCUT2D eigenvalue weighted by atomic mass is 35.5. The molecule has 1 amide bonds. The van der Waals surface area contributed by atoms with Crippen molar-refractivity contribution in [1.82, 2.24) is 14.9 Å². The zero-order valence-electron chi connectivity index (χ0n) is 16.2. The normalized spacial score (nSPS) is 13.4. The van der Waals surface area contributed by atoms with Crippen molar-refractivity contribution >= 4 is 23.7 Å². The summed E-state index contributed by atoms with van der Waals surface area (Å²) in [4.78, 5) is 27.9. The van der Waals surface area contributed by atoms with Crippen molar-refractivity contribution in [3.8, 4) is 11.1 Å². The van der Waals surface area contributed by atoms with Crippen molar-refractivity contribution in [1.29, 1.82) is 0 Å². The van der Waals surface area contributed by atoms with Gasteiger partial charge in [-0.25, -0.2) is 9.78 Å². The number of imidazole rings is 1. The maximum Gasteiger partial charge on any atom is 0.407 e. The lowest BCUT2D eigenvalue weighted by atomic mass is 9.98. The van der Waals surface area contributed by atoms with Crippen LogP contribution in [-0.2, 0) is 16.6 Å². The molecular weight excluding hydrogens is 406 g/mol. The van der Waals surface area contributed by atoms with E-state index >= 15 is 0 Å². The number of rotatable bonds is 6. The Kier molecular flexibility index (Phi) is 5.46. The van der Waals surface area contributed by atoms with Crippen LogP contribution in [0.25, 0.3) is 11.1 Å². The number of aliphatic carboxylic acids is 1. The van der Waals surface area contributed by atoms with Crippen LogP contribution in [-0.4, -0.2) is 33.3 Å². The number of carbonyl (C=O) groups excluding carboxylic acids is 1. The molecular formula is C22H20ClN3O4. The van der Waals surface area contributed by atoms with Crippen LogP contribution in [0.15, 0.2) is 54.7 Å². The van der Waals surface area contributed by atoms with E-state index in [1.165, 1.54) is 10.8 Å². The predicted octanol–water partition coefficient (Wildman–Crippen LogP) is 4.13. The number of nitrogens with zero attached hydrogens (tertiary/aromatic N) is 2. The Morgan fingerprint density at radius 1 is 1.17 bits per heavy atom. The van der Waals surface area contributed by atoms with E-state index in [1.807, 2.05) is 36.4 Å². The zero-order chi connectivity index (χ0) is 21.3. The van der Waals surface area contributed by atoms with Gasteiger partial charge in [-0.3, -0.25) is 4.79 Å². The quantitative estimate of drug-likeness (QED) is 0.619. The summed E-state index contributed by atoms with van der Waals surface area (Å²) < 4.78 is 7.03. The minimum absolute atomic E-state index is 0.0799. The Balaban J connectivity index is 1.49. The Bertz CT molecular complexity index is 1070. The monoisotopic (exact) mass is 425 g/mol. The van der Waals surface area contributed by atoms with Gasteiger partial charge in [-0.05, 0) is 22.3 Å². The number of halogens is 1. The summed E-state index contributed by atoms with van der Waals surface area (Å²) in [7, 11) is 1.65. The fourth-order valence-corrected chi connectivity index (χ4v) is 4.02. The van der Waals surface area contributed by atoms with Crippen molar-refractivity contribution in [3.05, 3.63) is 76.8 Å². The van der Waals surface area contributed by atoms with E-state index < -0.39 is 18.1 Å². The molecule has 1 heterocycles. The summed E-state index contributed by atoms with van der Waals surface area (Å²) in [5, 5.41) is 12.2. The summed E-state index contributed by atoms with van der Waals surface area (Å²) in [6.45, 7) is 0.140. The van der Waals surface area contributed by atoms with Crippen molar-refractivity contribution in [2.75, 3.05) is 6.61 Å². The summed E-state index contributed by atoms with van der Waals surface area (Å²) in [6.07, 6.45) is 0.360. The van der Waals surface area contributed by atoms with E-state index in [0.29, 0.717) is 11.0 Å². The molecule has 0 bridgehead atoms. The van der Waals surface area contributed by atoms with Crippen LogP contribution in [0.1, 0.15) is 35.3 Å². The average Bonchev–Trinajstić information content (AvgIpc) is 3.23. The van der Waals surface area contributed by atoms with Gasteiger partial charge < -0.3 is 19.7 Å². The van der Waals surface area contributed by atoms with Crippen molar-refractivity contribution in [3.63, 3.8) is 0 Å². The van der Waals surface area contributed by atoms with Crippen LogP contribution >= 0.6 is 11.6 Å². The maximum atomic E-state index is 12.5. The zero-order valence-corrected chi connectivity index (χ0v) is 17.0. The number of hydrogen-bond donors (Lipinski definition) is 2. The molecule has 1 aliphatic rings. The summed E-state index contributed by atoms with van der Waals surface area (Å²) in [5.74, 6) is -0.808. The Morgan fingerprint density at radius 2 is 1.77 bits per heavy atom. The third kappa shape index (κ3) is 3.76. The number of aromatic nitrogens is 2. The molecule has 0 aliphatic heterocycles. The van der Waals surface area contributed by atoms with Gasteiger partial charge in [0, 0.05) is 13.0 Å². The van der Waals surface area contributed by atoms with Crippen LogP contribution < -0.4 is 5.32 Å². The van der Waals surface area contributed by atoms with Gasteiger partial charge in [0.05, 0.1) is 12.6 Å². The SMILES string of the molecule is Cn1c(Cl)cnc1[C@@H](CC(=O)O)NC(=O)OCC1c2ccccc2-c2ccccc21. The number of amides is 1. The molecule has 2 N–H and O–H groups in total. The standard InChI is InChI=1S/C22H20ClN3O4/c1-26-19(23)11-24-21(26)18(10-20(27)28)25-22(29)30-12-17-15-8-4-2-6-13(15)14-7-3-5-9-16(14)17/h2-9,11,17-18H,10,12H2,1H3,(H,25,29)(H,27,28)/t18-/m1/s1. The molecule has 154 valence electrons. The molecule has 1 atom stereocenters. The van der Waals surface area contributed by atoms with Crippen LogP contribution in [0.2, 0.25) is 5.15 Å². The van der Waals surface area contributed by atoms with Crippen molar-refractivity contribution < 1.29 is 19.4 Å². The van der Waals surface area contributed by atoms with Gasteiger partial charge >= 0.3 is 12.1 Å². The van der Waals surface area contributed by atoms with Crippen molar-refractivity contribution in [2.24, 2.45) is 7.05 Å². The van der Waals surface area contributed by atoms with E-state index in [2.05, 4.69) is 22.4 Å². The highest BCUT2D eigenvalue weighted by Crippen LogP contribution is 2.44. The van der Waals surface area contributed by atoms with E-state index in [-0.39, 0.29) is 18.9 Å². The molecule has 1 aromatic heterocycles. The van der Waals surface area contributed by atoms with Crippen LogP contribution in [0, 0.1) is 0 Å². The number of carboxylic acids is 1. The van der Waals surface area contributed by atoms with E-state index in [4.69, 9.17) is 16.3 Å². The highest BCUT2D eigenvalue weighted by Gasteiger charge is 2.30. The lowest BCUT2D eigenvalue weighted by Crippen LogP contribution is -2.33. The van der Waals surface area contributed by atoms with E-state index in [1.54, 1.807) is 7.05 Å². The van der Waals surface area contributed by atoms with Gasteiger partial charge in [-0.1, -0.05) is 60.1 Å². The molecule has 0 fully saturated rings. The lowest BCUT2D eigenvalue weighted by Gasteiger charge is -2.19. The second-order valence-electron chi connectivity index (χ2n) is 7.12. The molecule has 0 saturated heterocycles. The number of alkyl carbamates (subject to hydrolysis) is 1. The van der Waals surface area contributed by atoms with Crippen LogP contribution in [0.3, 0.4) is 0 Å². The molecule has 7 nitrogen and oxygen atoms in total. The van der Waals surface area contributed by atoms with E-state index in [0.717, 1.165) is 22.3 Å². The Morgan fingerprint density at radius 3 is 2.30 bits per heavy atom. The fraction of sp³-hybridized carbons (Fsp3) is 0.227. The minimum Gasteiger partial charge on any atom is -0.481 e. The number of fused-ring (bicyclic) bond motifs is 3. The third-order valence-corrected chi connectivity index (χ3v) is 5.64. The molecule has 0 spiro atoms. The van der Waals surface area contributed by atoms with Gasteiger partial charge in [0.2, 0.25) is 0 Å². The van der Waals surface area contributed by atoms with Crippen LogP contribution in [0.4, 0.5) is 4.79 Å². The molecule has 3 aromatic rings. The lowest BCUT2D eigenvalue weighted by molar-refractivity contribution is -0.137. The summed E-state index contributed by atoms with van der Waals surface area (Å²) >= 11 is 6.00. The molecule has 8 heteroatoms. The number of benzene rings is 2. The summed E-state index contributed by atoms with van der Waals surface area (Å²) in [5.41, 5.74) is 4.47. The predicted molar refractivity (Wildman–Crippen MR) is 111 cm³/mol. The number of nitrogens with one attached hydrogen (secondary N) is 1. The topological polar surface area (TPSA) is 93.5 Å². The Labute approximate surface area is 178 Å².